The molecule has 1 aromatic rings. The number of nitrogens with two attached hydrogens (primary N) is 1. The molecule has 16 heavy (non-hydrogen) atoms. The van der Waals surface area contributed by atoms with Gasteiger partial charge in [0.15, 0.2) is 0 Å². The normalized spacial score (nSPS) is 10.8. The summed E-state index contributed by atoms with van der Waals surface area (Å²) in [7, 11) is 0. The topological polar surface area (TPSA) is 26.0 Å². The lowest BCUT2D eigenvalue weighted by Crippen LogP contribution is -1.98. The Bertz CT molecular complexity index is 365. The van der Waals surface area contributed by atoms with E-state index in [1.165, 1.54) is 0 Å². The molecule has 0 amide bonds. The lowest BCUT2D eigenvalue weighted by atomic mass is 10.1. The van der Waals surface area contributed by atoms with Crippen LogP contribution in [0.25, 0.3) is 0 Å². The van der Waals surface area contributed by atoms with Crippen molar-refractivity contribution in [2.45, 2.75) is 25.7 Å². The third kappa shape index (κ3) is 3.68. The predicted octanol–water partition coefficient (Wildman–Crippen LogP) is 4.97. The molecule has 1 nitrogen and oxygen atoms in total. The highest BCUT2D eigenvalue weighted by Crippen LogP contribution is 2.38. The van der Waals surface area contributed by atoms with Crippen LogP contribution in [0.15, 0.2) is 6.07 Å². The van der Waals surface area contributed by atoms with Crippen LogP contribution in [0.5, 0.6) is 0 Å². The van der Waals surface area contributed by atoms with Crippen molar-refractivity contribution in [2.75, 3.05) is 6.54 Å². The van der Waals surface area contributed by atoms with Crippen LogP contribution < -0.4 is 5.73 Å². The highest BCUT2D eigenvalue weighted by atomic mass is 35.5. The Kier molecular flexibility index (Phi) is 6.23. The zero-order chi connectivity index (χ0) is 12.1. The molecular formula is C11H13Cl4N. The van der Waals surface area contributed by atoms with E-state index in [4.69, 9.17) is 52.1 Å². The first-order valence-electron chi connectivity index (χ1n) is 5.10. The molecule has 0 aliphatic carbocycles. The van der Waals surface area contributed by atoms with E-state index in [1.54, 1.807) is 6.07 Å². The van der Waals surface area contributed by atoms with E-state index >= 15 is 0 Å². The SMILES string of the molecule is NCCCCCc1c(Cl)cc(Cl)c(Cl)c1Cl. The van der Waals surface area contributed by atoms with Gasteiger partial charge in [-0.1, -0.05) is 52.8 Å². The molecule has 0 bridgehead atoms. The molecule has 0 aliphatic rings. The van der Waals surface area contributed by atoms with Crippen LogP contribution in [0.3, 0.4) is 0 Å². The van der Waals surface area contributed by atoms with Gasteiger partial charge in [-0.05, 0) is 37.4 Å². The van der Waals surface area contributed by atoms with Gasteiger partial charge in [-0.25, -0.2) is 0 Å². The largest absolute Gasteiger partial charge is 0.330 e. The Morgan fingerprint density at radius 3 is 2.19 bits per heavy atom. The van der Waals surface area contributed by atoms with Crippen molar-refractivity contribution in [3.63, 3.8) is 0 Å². The second-order valence-electron chi connectivity index (χ2n) is 3.55. The van der Waals surface area contributed by atoms with Gasteiger partial charge in [0.1, 0.15) is 0 Å². The molecule has 90 valence electrons. The minimum absolute atomic E-state index is 0.376. The van der Waals surface area contributed by atoms with Crippen LogP contribution in [0, 0.1) is 0 Å². The highest BCUT2D eigenvalue weighted by molar-refractivity contribution is 6.49. The zero-order valence-corrected chi connectivity index (χ0v) is 11.7. The minimum atomic E-state index is 0.376. The van der Waals surface area contributed by atoms with E-state index in [9.17, 15) is 0 Å². The van der Waals surface area contributed by atoms with Crippen molar-refractivity contribution >= 4 is 46.4 Å². The molecule has 0 fully saturated rings. The monoisotopic (exact) mass is 299 g/mol. The summed E-state index contributed by atoms with van der Waals surface area (Å²) in [5, 5.41) is 1.81. The molecule has 1 aromatic carbocycles. The second kappa shape index (κ2) is 6.93. The molecule has 1 rings (SSSR count). The Hall–Kier alpha value is 0.340. The van der Waals surface area contributed by atoms with Crippen molar-refractivity contribution in [1.29, 1.82) is 0 Å². The maximum Gasteiger partial charge on any atom is 0.0782 e. The van der Waals surface area contributed by atoms with E-state index in [1.807, 2.05) is 0 Å². The summed E-state index contributed by atoms with van der Waals surface area (Å²) >= 11 is 24.0. The Morgan fingerprint density at radius 1 is 0.875 bits per heavy atom. The van der Waals surface area contributed by atoms with Crippen LogP contribution in [0.4, 0.5) is 0 Å². The van der Waals surface area contributed by atoms with Crippen LogP contribution in [0.2, 0.25) is 20.1 Å². The summed E-state index contributed by atoms with van der Waals surface area (Å²) in [5.41, 5.74) is 6.29. The molecule has 0 saturated carbocycles. The fourth-order valence-electron chi connectivity index (χ4n) is 1.46. The summed E-state index contributed by atoms with van der Waals surface area (Å²) in [6.45, 7) is 0.711. The number of hydrogen-bond donors (Lipinski definition) is 1. The lowest BCUT2D eigenvalue weighted by molar-refractivity contribution is 0.687. The van der Waals surface area contributed by atoms with Gasteiger partial charge in [-0.15, -0.1) is 0 Å². The Balaban J connectivity index is 2.76. The van der Waals surface area contributed by atoms with Crippen molar-refractivity contribution in [3.8, 4) is 0 Å². The Labute approximate surface area is 116 Å². The van der Waals surface area contributed by atoms with E-state index in [-0.39, 0.29) is 0 Å². The summed E-state index contributed by atoms with van der Waals surface area (Å²) < 4.78 is 0. The van der Waals surface area contributed by atoms with E-state index in [0.29, 0.717) is 26.6 Å². The van der Waals surface area contributed by atoms with Gasteiger partial charge in [0, 0.05) is 5.02 Å². The van der Waals surface area contributed by atoms with Gasteiger partial charge in [-0.3, -0.25) is 0 Å². The first-order chi connectivity index (χ1) is 7.57. The molecular weight excluding hydrogens is 288 g/mol. The molecule has 0 unspecified atom stereocenters. The minimum Gasteiger partial charge on any atom is -0.330 e. The molecule has 0 spiro atoms. The summed E-state index contributed by atoms with van der Waals surface area (Å²) in [5.74, 6) is 0. The molecule has 0 radical (unpaired) electrons. The fraction of sp³-hybridized carbons (Fsp3) is 0.455. The third-order valence-corrected chi connectivity index (χ3v) is 3.98. The van der Waals surface area contributed by atoms with E-state index in [0.717, 1.165) is 31.2 Å². The number of rotatable bonds is 5. The van der Waals surface area contributed by atoms with Gasteiger partial charge >= 0.3 is 0 Å². The van der Waals surface area contributed by atoms with Crippen LogP contribution in [0.1, 0.15) is 24.8 Å². The number of unbranched alkanes of at least 4 members (excludes halogenated alkanes) is 2. The highest BCUT2D eigenvalue weighted by Gasteiger charge is 2.13. The molecule has 5 heteroatoms. The second-order valence-corrected chi connectivity index (χ2v) is 5.12. The molecule has 0 heterocycles. The summed E-state index contributed by atoms with van der Waals surface area (Å²) in [6.07, 6.45) is 3.86. The standard InChI is InChI=1S/C11H13Cl4N/c12-8-6-9(13)11(15)10(14)7(8)4-2-1-3-5-16/h6H,1-5,16H2. The molecule has 0 aliphatic heterocycles. The van der Waals surface area contributed by atoms with Crippen LogP contribution in [-0.4, -0.2) is 6.54 Å². The third-order valence-electron chi connectivity index (χ3n) is 2.34. The first-order valence-corrected chi connectivity index (χ1v) is 6.61. The smallest absolute Gasteiger partial charge is 0.0782 e. The number of halogens is 4. The zero-order valence-electron chi connectivity index (χ0n) is 8.70. The average molecular weight is 301 g/mol. The summed E-state index contributed by atoms with van der Waals surface area (Å²) in [4.78, 5) is 0. The van der Waals surface area contributed by atoms with E-state index in [2.05, 4.69) is 0 Å². The van der Waals surface area contributed by atoms with Gasteiger partial charge in [0.05, 0.1) is 15.1 Å². The predicted molar refractivity (Wildman–Crippen MR) is 73.1 cm³/mol. The maximum absolute atomic E-state index is 6.09. The maximum atomic E-state index is 6.09. The van der Waals surface area contributed by atoms with Crippen molar-refractivity contribution in [3.05, 3.63) is 31.7 Å². The quantitative estimate of drug-likeness (QED) is 0.464. The van der Waals surface area contributed by atoms with E-state index < -0.39 is 0 Å². The first kappa shape index (κ1) is 14.4. The van der Waals surface area contributed by atoms with Gasteiger partial charge in [0.25, 0.3) is 0 Å². The van der Waals surface area contributed by atoms with Gasteiger partial charge < -0.3 is 5.73 Å². The molecule has 0 saturated heterocycles. The van der Waals surface area contributed by atoms with Crippen molar-refractivity contribution in [2.24, 2.45) is 5.73 Å². The Morgan fingerprint density at radius 2 is 1.56 bits per heavy atom. The fourth-order valence-corrected chi connectivity index (χ4v) is 2.58. The summed E-state index contributed by atoms with van der Waals surface area (Å²) in [6, 6.07) is 1.63. The molecule has 2 N–H and O–H groups in total. The van der Waals surface area contributed by atoms with Crippen LogP contribution in [-0.2, 0) is 6.42 Å². The molecule has 0 atom stereocenters. The van der Waals surface area contributed by atoms with Crippen molar-refractivity contribution < 1.29 is 0 Å². The molecule has 0 aromatic heterocycles. The number of hydrogen-bond acceptors (Lipinski definition) is 1. The van der Waals surface area contributed by atoms with Crippen molar-refractivity contribution in [1.82, 2.24) is 0 Å². The number of benzene rings is 1. The van der Waals surface area contributed by atoms with Gasteiger partial charge in [-0.2, -0.15) is 0 Å². The lowest BCUT2D eigenvalue weighted by Gasteiger charge is -2.09. The van der Waals surface area contributed by atoms with Crippen LogP contribution >= 0.6 is 46.4 Å². The average Bonchev–Trinajstić information content (AvgIpc) is 2.25. The van der Waals surface area contributed by atoms with Gasteiger partial charge in [0.2, 0.25) is 0 Å².